The number of anilines is 1. The highest BCUT2D eigenvalue weighted by molar-refractivity contribution is 5.95. The van der Waals surface area contributed by atoms with E-state index in [-0.39, 0.29) is 17.8 Å². The molecule has 3 N–H and O–H groups in total. The van der Waals surface area contributed by atoms with Crippen molar-refractivity contribution in [3.63, 3.8) is 0 Å². The SMILES string of the molecule is Cc1ccc(CNC(=O)c2cc(N)c(F)cc2F)cn1. The van der Waals surface area contributed by atoms with Gasteiger partial charge in [-0.1, -0.05) is 6.07 Å². The molecule has 0 spiro atoms. The number of carbonyl (C=O) groups is 1. The van der Waals surface area contributed by atoms with Gasteiger partial charge in [-0.2, -0.15) is 0 Å². The first-order valence-corrected chi connectivity index (χ1v) is 5.91. The molecule has 20 heavy (non-hydrogen) atoms. The molecule has 0 fully saturated rings. The third-order valence-electron chi connectivity index (χ3n) is 2.76. The van der Waals surface area contributed by atoms with E-state index in [4.69, 9.17) is 5.73 Å². The van der Waals surface area contributed by atoms with Gasteiger partial charge in [-0.25, -0.2) is 8.78 Å². The van der Waals surface area contributed by atoms with Crippen LogP contribution in [-0.2, 0) is 6.54 Å². The molecular weight excluding hydrogens is 264 g/mol. The van der Waals surface area contributed by atoms with Gasteiger partial charge in [0.2, 0.25) is 0 Å². The van der Waals surface area contributed by atoms with E-state index in [0.29, 0.717) is 6.07 Å². The average molecular weight is 277 g/mol. The van der Waals surface area contributed by atoms with Crippen molar-refractivity contribution in [2.45, 2.75) is 13.5 Å². The van der Waals surface area contributed by atoms with Gasteiger partial charge in [0.15, 0.2) is 0 Å². The second-order valence-electron chi connectivity index (χ2n) is 4.34. The summed E-state index contributed by atoms with van der Waals surface area (Å²) in [5, 5.41) is 2.53. The molecule has 2 aromatic rings. The molecule has 1 aromatic heterocycles. The number of aromatic nitrogens is 1. The summed E-state index contributed by atoms with van der Waals surface area (Å²) in [6, 6.07) is 5.18. The number of benzene rings is 1. The number of amides is 1. The lowest BCUT2D eigenvalue weighted by molar-refractivity contribution is 0.0947. The predicted molar refractivity (Wildman–Crippen MR) is 70.9 cm³/mol. The predicted octanol–water partition coefficient (Wildman–Crippen LogP) is 2.18. The van der Waals surface area contributed by atoms with Crippen molar-refractivity contribution in [1.29, 1.82) is 0 Å². The molecule has 1 amide bonds. The minimum Gasteiger partial charge on any atom is -0.396 e. The Hall–Kier alpha value is -2.50. The van der Waals surface area contributed by atoms with E-state index < -0.39 is 17.5 Å². The fourth-order valence-electron chi connectivity index (χ4n) is 1.62. The molecule has 0 aliphatic rings. The van der Waals surface area contributed by atoms with E-state index in [1.807, 2.05) is 6.92 Å². The molecule has 0 radical (unpaired) electrons. The number of rotatable bonds is 3. The molecule has 0 saturated heterocycles. The maximum Gasteiger partial charge on any atom is 0.254 e. The zero-order valence-electron chi connectivity index (χ0n) is 10.8. The van der Waals surface area contributed by atoms with Crippen molar-refractivity contribution in [2.75, 3.05) is 5.73 Å². The third-order valence-corrected chi connectivity index (χ3v) is 2.76. The van der Waals surface area contributed by atoms with Gasteiger partial charge in [-0.3, -0.25) is 9.78 Å². The number of hydrogen-bond acceptors (Lipinski definition) is 3. The van der Waals surface area contributed by atoms with Gasteiger partial charge in [-0.05, 0) is 24.6 Å². The second-order valence-corrected chi connectivity index (χ2v) is 4.34. The number of carbonyl (C=O) groups excluding carboxylic acids is 1. The maximum absolute atomic E-state index is 13.5. The highest BCUT2D eigenvalue weighted by atomic mass is 19.1. The van der Waals surface area contributed by atoms with Crippen LogP contribution in [0, 0.1) is 18.6 Å². The molecule has 6 heteroatoms. The summed E-state index contributed by atoms with van der Waals surface area (Å²) in [4.78, 5) is 15.9. The normalized spacial score (nSPS) is 10.3. The fraction of sp³-hybridized carbons (Fsp3) is 0.143. The van der Waals surface area contributed by atoms with E-state index in [1.54, 1.807) is 18.3 Å². The first-order chi connectivity index (χ1) is 9.47. The molecule has 0 aliphatic carbocycles. The second kappa shape index (κ2) is 5.64. The molecule has 4 nitrogen and oxygen atoms in total. The van der Waals surface area contributed by atoms with Crippen molar-refractivity contribution in [1.82, 2.24) is 10.3 Å². The number of hydrogen-bond donors (Lipinski definition) is 2. The summed E-state index contributed by atoms with van der Waals surface area (Å²) in [6.45, 7) is 2.04. The van der Waals surface area contributed by atoms with Gasteiger partial charge in [-0.15, -0.1) is 0 Å². The first-order valence-electron chi connectivity index (χ1n) is 5.91. The Morgan fingerprint density at radius 2 is 2.05 bits per heavy atom. The minimum absolute atomic E-state index is 0.197. The van der Waals surface area contributed by atoms with Crippen LogP contribution in [0.3, 0.4) is 0 Å². The lowest BCUT2D eigenvalue weighted by Crippen LogP contribution is -2.24. The molecule has 1 heterocycles. The Bertz CT molecular complexity index is 642. The van der Waals surface area contributed by atoms with Crippen LogP contribution >= 0.6 is 0 Å². The minimum atomic E-state index is -0.948. The van der Waals surface area contributed by atoms with Crippen molar-refractivity contribution in [2.24, 2.45) is 0 Å². The van der Waals surface area contributed by atoms with Crippen LogP contribution in [0.4, 0.5) is 14.5 Å². The molecule has 0 aliphatic heterocycles. The maximum atomic E-state index is 13.5. The highest BCUT2D eigenvalue weighted by Crippen LogP contribution is 2.16. The third kappa shape index (κ3) is 3.09. The Balaban J connectivity index is 2.09. The van der Waals surface area contributed by atoms with Crippen LogP contribution in [0.5, 0.6) is 0 Å². The lowest BCUT2D eigenvalue weighted by atomic mass is 10.1. The number of nitrogens with one attached hydrogen (secondary N) is 1. The highest BCUT2D eigenvalue weighted by Gasteiger charge is 2.14. The number of nitrogens with two attached hydrogens (primary N) is 1. The van der Waals surface area contributed by atoms with Gasteiger partial charge in [0.1, 0.15) is 11.6 Å². The number of nitrogens with zero attached hydrogens (tertiary/aromatic N) is 1. The van der Waals surface area contributed by atoms with E-state index in [9.17, 15) is 13.6 Å². The zero-order chi connectivity index (χ0) is 14.7. The largest absolute Gasteiger partial charge is 0.396 e. The Labute approximate surface area is 114 Å². The number of aryl methyl sites for hydroxylation is 1. The van der Waals surface area contributed by atoms with Gasteiger partial charge >= 0.3 is 0 Å². The Morgan fingerprint density at radius 3 is 2.70 bits per heavy atom. The van der Waals surface area contributed by atoms with Gasteiger partial charge < -0.3 is 11.1 Å². The molecule has 2 rings (SSSR count). The van der Waals surface area contributed by atoms with E-state index in [2.05, 4.69) is 10.3 Å². The zero-order valence-corrected chi connectivity index (χ0v) is 10.8. The van der Waals surface area contributed by atoms with Crippen molar-refractivity contribution in [3.05, 3.63) is 58.9 Å². The topological polar surface area (TPSA) is 68.0 Å². The van der Waals surface area contributed by atoms with Crippen LogP contribution in [0.1, 0.15) is 21.6 Å². The van der Waals surface area contributed by atoms with Crippen LogP contribution in [0.15, 0.2) is 30.5 Å². The monoisotopic (exact) mass is 277 g/mol. The number of nitrogen functional groups attached to an aromatic ring is 1. The van der Waals surface area contributed by atoms with Crippen LogP contribution in [-0.4, -0.2) is 10.9 Å². The van der Waals surface area contributed by atoms with Gasteiger partial charge in [0, 0.05) is 24.5 Å². The fourth-order valence-corrected chi connectivity index (χ4v) is 1.62. The van der Waals surface area contributed by atoms with Crippen LogP contribution < -0.4 is 11.1 Å². The smallest absolute Gasteiger partial charge is 0.254 e. The van der Waals surface area contributed by atoms with Gasteiger partial charge in [0.25, 0.3) is 5.91 Å². The summed E-state index contributed by atoms with van der Waals surface area (Å²) in [7, 11) is 0. The van der Waals surface area contributed by atoms with Crippen molar-refractivity contribution in [3.8, 4) is 0 Å². The average Bonchev–Trinajstić information content (AvgIpc) is 2.42. The van der Waals surface area contributed by atoms with E-state index >= 15 is 0 Å². The quantitative estimate of drug-likeness (QED) is 0.845. The number of halogens is 2. The lowest BCUT2D eigenvalue weighted by Gasteiger charge is -2.07. The van der Waals surface area contributed by atoms with E-state index in [1.165, 1.54) is 0 Å². The summed E-state index contributed by atoms with van der Waals surface area (Å²) in [6.07, 6.45) is 1.62. The summed E-state index contributed by atoms with van der Waals surface area (Å²) in [5.41, 5.74) is 6.40. The molecule has 0 bridgehead atoms. The Morgan fingerprint density at radius 1 is 1.30 bits per heavy atom. The van der Waals surface area contributed by atoms with Crippen LogP contribution in [0.2, 0.25) is 0 Å². The molecule has 104 valence electrons. The summed E-state index contributed by atoms with van der Waals surface area (Å²) in [5.74, 6) is -2.49. The van der Waals surface area contributed by atoms with Crippen molar-refractivity contribution < 1.29 is 13.6 Å². The molecule has 0 atom stereocenters. The van der Waals surface area contributed by atoms with E-state index in [0.717, 1.165) is 17.3 Å². The Kier molecular flexibility index (Phi) is 3.93. The summed E-state index contributed by atoms with van der Waals surface area (Å²) < 4.78 is 26.5. The molecule has 0 saturated carbocycles. The van der Waals surface area contributed by atoms with Crippen LogP contribution in [0.25, 0.3) is 0 Å². The molecule has 1 aromatic carbocycles. The number of pyridine rings is 1. The van der Waals surface area contributed by atoms with Gasteiger partial charge in [0.05, 0.1) is 11.3 Å². The molecule has 0 unspecified atom stereocenters. The first kappa shape index (κ1) is 13.9. The molecular formula is C14H13F2N3O. The summed E-state index contributed by atoms with van der Waals surface area (Å²) >= 11 is 0. The standard InChI is InChI=1S/C14H13F2N3O/c1-8-2-3-9(6-18-8)7-19-14(20)10-4-13(17)12(16)5-11(10)15/h2-6H,7,17H2,1H3,(H,19,20). The van der Waals surface area contributed by atoms with Crippen molar-refractivity contribution >= 4 is 11.6 Å².